The second kappa shape index (κ2) is 6.80. The maximum absolute atomic E-state index is 11.9. The van der Waals surface area contributed by atoms with E-state index < -0.39 is 19.8 Å². The van der Waals surface area contributed by atoms with E-state index >= 15 is 0 Å². The lowest BCUT2D eigenvalue weighted by atomic mass is 9.98. The van der Waals surface area contributed by atoms with Crippen molar-refractivity contribution >= 4 is 14.3 Å². The predicted molar refractivity (Wildman–Crippen MR) is 89.2 cm³/mol. The van der Waals surface area contributed by atoms with E-state index in [9.17, 15) is 9.90 Å². The van der Waals surface area contributed by atoms with Crippen LogP contribution >= 0.6 is 0 Å². The summed E-state index contributed by atoms with van der Waals surface area (Å²) in [6, 6.07) is 0. The highest BCUT2D eigenvalue weighted by molar-refractivity contribution is 6.77. The number of likely N-dealkylation sites (tertiary alicyclic amines) is 1. The molecule has 5 heteroatoms. The summed E-state index contributed by atoms with van der Waals surface area (Å²) in [6.45, 7) is 14.6. The fraction of sp³-hybridized carbons (Fsp3) is 0.938. The van der Waals surface area contributed by atoms with Crippen LogP contribution in [0.15, 0.2) is 0 Å². The number of nitrogens with zero attached hydrogens (tertiary/aromatic N) is 1. The van der Waals surface area contributed by atoms with Crippen LogP contribution in [0.4, 0.5) is 0 Å². The standard InChI is InChI=1S/C16H33NO3Si/c1-12(2)21(13(3)4,14(5)6)20-11-16(15(18)19)9-8-10-17(16)7/h12-14H,8-11H2,1-7H3,(H,18,19)/t16-/m1/s1. The smallest absolute Gasteiger partial charge is 0.326 e. The fourth-order valence-corrected chi connectivity index (χ4v) is 9.76. The normalized spacial score (nSPS) is 24.5. The van der Waals surface area contributed by atoms with Crippen LogP contribution in [0.1, 0.15) is 54.4 Å². The van der Waals surface area contributed by atoms with E-state index in [-0.39, 0.29) is 0 Å². The molecule has 1 N–H and O–H groups in total. The first-order valence-corrected chi connectivity index (χ1v) is 10.3. The minimum Gasteiger partial charge on any atom is -0.480 e. The number of hydrogen-bond acceptors (Lipinski definition) is 3. The monoisotopic (exact) mass is 315 g/mol. The predicted octanol–water partition coefficient (Wildman–Crippen LogP) is 3.73. The number of likely N-dealkylation sites (N-methyl/N-ethyl adjacent to an activating group) is 1. The summed E-state index contributed by atoms with van der Waals surface area (Å²) in [6.07, 6.45) is 1.63. The van der Waals surface area contributed by atoms with Gasteiger partial charge in [0.05, 0.1) is 6.61 Å². The van der Waals surface area contributed by atoms with Gasteiger partial charge in [0, 0.05) is 0 Å². The van der Waals surface area contributed by atoms with Crippen LogP contribution < -0.4 is 0 Å². The Morgan fingerprint density at radius 2 is 1.67 bits per heavy atom. The van der Waals surface area contributed by atoms with Gasteiger partial charge in [0.25, 0.3) is 0 Å². The highest BCUT2D eigenvalue weighted by Gasteiger charge is 2.51. The quantitative estimate of drug-likeness (QED) is 0.727. The minimum atomic E-state index is -2.01. The molecule has 0 bridgehead atoms. The van der Waals surface area contributed by atoms with Gasteiger partial charge in [-0.25, -0.2) is 0 Å². The van der Waals surface area contributed by atoms with Crippen molar-refractivity contribution in [2.45, 2.75) is 76.5 Å². The van der Waals surface area contributed by atoms with E-state index in [1.54, 1.807) is 0 Å². The third-order valence-corrected chi connectivity index (χ3v) is 11.5. The third-order valence-electron chi connectivity index (χ3n) is 5.48. The van der Waals surface area contributed by atoms with Crippen molar-refractivity contribution in [1.29, 1.82) is 0 Å². The molecule has 0 aliphatic carbocycles. The fourth-order valence-electron chi connectivity index (χ4n) is 4.27. The van der Waals surface area contributed by atoms with Crippen molar-refractivity contribution < 1.29 is 14.3 Å². The van der Waals surface area contributed by atoms with Crippen LogP contribution in [0.3, 0.4) is 0 Å². The molecule has 0 radical (unpaired) electrons. The molecule has 1 aliphatic heterocycles. The van der Waals surface area contributed by atoms with E-state index in [4.69, 9.17) is 4.43 Å². The largest absolute Gasteiger partial charge is 0.480 e. The van der Waals surface area contributed by atoms with E-state index in [0.717, 1.165) is 13.0 Å². The second-order valence-corrected chi connectivity index (χ2v) is 12.9. The second-order valence-electron chi connectivity index (χ2n) is 7.47. The minimum absolute atomic E-state index is 0.333. The zero-order chi connectivity index (χ0) is 16.4. The number of carboxylic acids is 1. The van der Waals surface area contributed by atoms with Gasteiger partial charge in [-0.3, -0.25) is 9.69 Å². The number of carbonyl (C=O) groups is 1. The molecule has 0 spiro atoms. The summed E-state index contributed by atoms with van der Waals surface area (Å²) < 4.78 is 6.55. The van der Waals surface area contributed by atoms with E-state index in [2.05, 4.69) is 41.5 Å². The van der Waals surface area contributed by atoms with Crippen molar-refractivity contribution in [3.63, 3.8) is 0 Å². The molecule has 0 amide bonds. The molecule has 4 nitrogen and oxygen atoms in total. The molecule has 1 aliphatic rings. The van der Waals surface area contributed by atoms with Gasteiger partial charge in [-0.15, -0.1) is 0 Å². The lowest BCUT2D eigenvalue weighted by molar-refractivity contribution is -0.151. The molecule has 1 saturated heterocycles. The molecule has 0 aromatic rings. The first-order chi connectivity index (χ1) is 9.61. The molecule has 0 aromatic carbocycles. The Morgan fingerprint density at radius 1 is 1.19 bits per heavy atom. The molecular weight excluding hydrogens is 282 g/mol. The zero-order valence-corrected chi connectivity index (χ0v) is 15.8. The summed E-state index contributed by atoms with van der Waals surface area (Å²) in [5.41, 5.74) is 0.622. The molecule has 21 heavy (non-hydrogen) atoms. The Labute approximate surface area is 131 Å². The number of carboxylic acid groups (broad SMARTS) is 1. The van der Waals surface area contributed by atoms with Gasteiger partial charge in [0.1, 0.15) is 5.54 Å². The van der Waals surface area contributed by atoms with Gasteiger partial charge < -0.3 is 9.53 Å². The van der Waals surface area contributed by atoms with Crippen molar-refractivity contribution in [1.82, 2.24) is 4.90 Å². The van der Waals surface area contributed by atoms with Crippen LogP contribution in [-0.4, -0.2) is 50.0 Å². The lowest BCUT2D eigenvalue weighted by Gasteiger charge is -2.45. The van der Waals surface area contributed by atoms with Gasteiger partial charge in [-0.05, 0) is 43.1 Å². The van der Waals surface area contributed by atoms with Gasteiger partial charge in [-0.2, -0.15) is 0 Å². The Balaban J connectivity index is 3.02. The average Bonchev–Trinajstić information content (AvgIpc) is 2.71. The van der Waals surface area contributed by atoms with Crippen LogP contribution in [0.2, 0.25) is 16.6 Å². The summed E-state index contributed by atoms with van der Waals surface area (Å²) in [7, 11) is -0.0970. The molecule has 1 fully saturated rings. The van der Waals surface area contributed by atoms with Crippen molar-refractivity contribution in [3.8, 4) is 0 Å². The van der Waals surface area contributed by atoms with Gasteiger partial charge >= 0.3 is 5.97 Å². The molecule has 0 aromatic heterocycles. The molecule has 1 rings (SSSR count). The molecule has 1 atom stereocenters. The molecule has 1 heterocycles. The van der Waals surface area contributed by atoms with Crippen LogP contribution in [-0.2, 0) is 9.22 Å². The Bertz CT molecular complexity index is 349. The first-order valence-electron chi connectivity index (χ1n) is 8.19. The SMILES string of the molecule is CC(C)[Si](OC[C@@]1(C(=O)O)CCCN1C)(C(C)C)C(C)C. The van der Waals surface area contributed by atoms with E-state index in [0.29, 0.717) is 29.7 Å². The van der Waals surface area contributed by atoms with Gasteiger partial charge in [0.15, 0.2) is 8.32 Å². The Kier molecular flexibility index (Phi) is 6.04. The topological polar surface area (TPSA) is 49.8 Å². The Hall–Kier alpha value is -0.393. The third kappa shape index (κ3) is 3.20. The summed E-state index contributed by atoms with van der Waals surface area (Å²) in [5.74, 6) is -0.735. The van der Waals surface area contributed by atoms with Crippen molar-refractivity contribution in [2.24, 2.45) is 0 Å². The number of hydrogen-bond donors (Lipinski definition) is 1. The average molecular weight is 316 g/mol. The molecular formula is C16H33NO3Si. The van der Waals surface area contributed by atoms with Gasteiger partial charge in [-0.1, -0.05) is 41.5 Å². The van der Waals surface area contributed by atoms with Crippen LogP contribution in [0, 0.1) is 0 Å². The highest BCUT2D eigenvalue weighted by atomic mass is 28.4. The highest BCUT2D eigenvalue weighted by Crippen LogP contribution is 2.43. The van der Waals surface area contributed by atoms with Crippen LogP contribution in [0.5, 0.6) is 0 Å². The first kappa shape index (κ1) is 18.7. The maximum atomic E-state index is 11.9. The van der Waals surface area contributed by atoms with Gasteiger partial charge in [0.2, 0.25) is 0 Å². The van der Waals surface area contributed by atoms with Crippen molar-refractivity contribution in [2.75, 3.05) is 20.2 Å². The number of aliphatic carboxylic acids is 1. The summed E-state index contributed by atoms with van der Waals surface area (Å²) in [5, 5.41) is 9.74. The van der Waals surface area contributed by atoms with E-state index in [1.165, 1.54) is 0 Å². The summed E-state index contributed by atoms with van der Waals surface area (Å²) >= 11 is 0. The van der Waals surface area contributed by atoms with E-state index in [1.807, 2.05) is 11.9 Å². The molecule has 0 saturated carbocycles. The lowest BCUT2D eigenvalue weighted by Crippen LogP contribution is -2.57. The van der Waals surface area contributed by atoms with Crippen molar-refractivity contribution in [3.05, 3.63) is 0 Å². The maximum Gasteiger partial charge on any atom is 0.326 e. The molecule has 124 valence electrons. The summed E-state index contributed by atoms with van der Waals surface area (Å²) in [4.78, 5) is 13.8. The van der Waals surface area contributed by atoms with Crippen LogP contribution in [0.25, 0.3) is 0 Å². The molecule has 0 unspecified atom stereocenters. The number of rotatable bonds is 7. The Morgan fingerprint density at radius 3 is 1.95 bits per heavy atom. The zero-order valence-electron chi connectivity index (χ0n) is 14.8.